The Hall–Kier alpha value is -3.12. The van der Waals surface area contributed by atoms with Crippen molar-refractivity contribution in [3.8, 4) is 0 Å². The monoisotopic (exact) mass is 436 g/mol. The maximum absolute atomic E-state index is 13.1. The van der Waals surface area contributed by atoms with E-state index in [0.29, 0.717) is 16.9 Å². The molecule has 1 amide bonds. The largest absolute Gasteiger partial charge is 0.322 e. The smallest absolute Gasteiger partial charge is 0.255 e. The zero-order valence-corrected chi connectivity index (χ0v) is 19.1. The van der Waals surface area contributed by atoms with Crippen LogP contribution >= 0.6 is 0 Å². The SMILES string of the molecule is Cc1ccc(N(Cc2ccc(NC(=O)c3ccccc3)cc2)S(=O)(=O)C(C)C)cc1C. The number of rotatable bonds is 7. The van der Waals surface area contributed by atoms with Crippen LogP contribution in [0, 0.1) is 13.8 Å². The predicted octanol–water partition coefficient (Wildman–Crippen LogP) is 5.30. The molecular weight excluding hydrogens is 408 g/mol. The van der Waals surface area contributed by atoms with E-state index in [9.17, 15) is 13.2 Å². The Morgan fingerprint density at radius 1 is 0.903 bits per heavy atom. The second kappa shape index (κ2) is 9.35. The summed E-state index contributed by atoms with van der Waals surface area (Å²) in [6.45, 7) is 7.57. The Bertz CT molecular complexity index is 1160. The van der Waals surface area contributed by atoms with Crippen molar-refractivity contribution in [2.45, 2.75) is 39.5 Å². The van der Waals surface area contributed by atoms with Crippen LogP contribution in [0.15, 0.2) is 72.8 Å². The van der Waals surface area contributed by atoms with Crippen LogP contribution in [-0.4, -0.2) is 19.6 Å². The van der Waals surface area contributed by atoms with Crippen molar-refractivity contribution in [3.05, 3.63) is 95.1 Å². The second-order valence-corrected chi connectivity index (χ2v) is 10.3. The molecule has 0 aliphatic carbocycles. The number of amides is 1. The molecule has 162 valence electrons. The molecule has 3 aromatic carbocycles. The standard InChI is InChI=1S/C25H28N2O3S/c1-18(2)31(29,30)27(24-15-10-19(3)20(4)16-24)17-21-11-13-23(14-12-21)26-25(28)22-8-6-5-7-9-22/h5-16,18H,17H2,1-4H3,(H,26,28). The van der Waals surface area contributed by atoms with E-state index in [0.717, 1.165) is 16.7 Å². The van der Waals surface area contributed by atoms with E-state index < -0.39 is 15.3 Å². The van der Waals surface area contributed by atoms with Gasteiger partial charge in [0.1, 0.15) is 0 Å². The summed E-state index contributed by atoms with van der Waals surface area (Å²) in [5.74, 6) is -0.188. The van der Waals surface area contributed by atoms with Gasteiger partial charge in [0.15, 0.2) is 0 Å². The van der Waals surface area contributed by atoms with Crippen LogP contribution in [0.2, 0.25) is 0 Å². The van der Waals surface area contributed by atoms with Gasteiger partial charge in [0, 0.05) is 11.3 Å². The van der Waals surface area contributed by atoms with Crippen LogP contribution in [-0.2, 0) is 16.6 Å². The number of carbonyl (C=O) groups excluding carboxylic acids is 1. The van der Waals surface area contributed by atoms with Gasteiger partial charge in [-0.25, -0.2) is 8.42 Å². The number of benzene rings is 3. The number of nitrogens with one attached hydrogen (secondary N) is 1. The first-order valence-electron chi connectivity index (χ1n) is 10.2. The van der Waals surface area contributed by atoms with Crippen molar-refractivity contribution in [2.75, 3.05) is 9.62 Å². The minimum Gasteiger partial charge on any atom is -0.322 e. The average molecular weight is 437 g/mol. The van der Waals surface area contributed by atoms with Gasteiger partial charge in [0.2, 0.25) is 10.0 Å². The summed E-state index contributed by atoms with van der Waals surface area (Å²) in [7, 11) is -3.52. The summed E-state index contributed by atoms with van der Waals surface area (Å²) in [5, 5.41) is 2.32. The Balaban J connectivity index is 1.83. The molecule has 0 spiro atoms. The first-order chi connectivity index (χ1) is 14.7. The quantitative estimate of drug-likeness (QED) is 0.546. The average Bonchev–Trinajstić information content (AvgIpc) is 2.75. The zero-order chi connectivity index (χ0) is 22.6. The molecule has 0 heterocycles. The molecule has 0 unspecified atom stereocenters. The number of anilines is 2. The maximum Gasteiger partial charge on any atom is 0.255 e. The molecule has 0 atom stereocenters. The molecular formula is C25H28N2O3S. The highest BCUT2D eigenvalue weighted by molar-refractivity contribution is 7.93. The van der Waals surface area contributed by atoms with Crippen LogP contribution < -0.4 is 9.62 Å². The van der Waals surface area contributed by atoms with Gasteiger partial charge < -0.3 is 5.32 Å². The summed E-state index contributed by atoms with van der Waals surface area (Å²) in [4.78, 5) is 12.3. The Morgan fingerprint density at radius 3 is 2.13 bits per heavy atom. The summed E-state index contributed by atoms with van der Waals surface area (Å²) in [6.07, 6.45) is 0. The molecule has 0 aliphatic rings. The molecule has 31 heavy (non-hydrogen) atoms. The third-order valence-electron chi connectivity index (χ3n) is 5.26. The molecule has 0 saturated heterocycles. The molecule has 3 rings (SSSR count). The van der Waals surface area contributed by atoms with E-state index in [4.69, 9.17) is 0 Å². The van der Waals surface area contributed by atoms with Gasteiger partial charge in [-0.3, -0.25) is 9.10 Å². The number of nitrogens with zero attached hydrogens (tertiary/aromatic N) is 1. The molecule has 0 fully saturated rings. The Kier molecular flexibility index (Phi) is 6.81. The normalized spacial score (nSPS) is 11.4. The van der Waals surface area contributed by atoms with Crippen molar-refractivity contribution in [3.63, 3.8) is 0 Å². The summed E-state index contributed by atoms with van der Waals surface area (Å²) in [6, 6.07) is 21.9. The van der Waals surface area contributed by atoms with Crippen molar-refractivity contribution in [1.82, 2.24) is 0 Å². The zero-order valence-electron chi connectivity index (χ0n) is 18.3. The predicted molar refractivity (Wildman–Crippen MR) is 127 cm³/mol. The van der Waals surface area contributed by atoms with Crippen LogP contribution in [0.1, 0.15) is 40.9 Å². The van der Waals surface area contributed by atoms with E-state index in [1.807, 2.05) is 62.4 Å². The van der Waals surface area contributed by atoms with Crippen molar-refractivity contribution < 1.29 is 13.2 Å². The third-order valence-corrected chi connectivity index (χ3v) is 7.40. The van der Waals surface area contributed by atoms with Gasteiger partial charge in [-0.1, -0.05) is 36.4 Å². The van der Waals surface area contributed by atoms with E-state index in [2.05, 4.69) is 5.32 Å². The number of hydrogen-bond donors (Lipinski definition) is 1. The molecule has 3 aromatic rings. The van der Waals surface area contributed by atoms with Crippen molar-refractivity contribution in [1.29, 1.82) is 0 Å². The van der Waals surface area contributed by atoms with Crippen molar-refractivity contribution >= 4 is 27.3 Å². The summed E-state index contributed by atoms with van der Waals surface area (Å²) < 4.78 is 27.6. The fourth-order valence-corrected chi connectivity index (χ4v) is 4.36. The fraction of sp³-hybridized carbons (Fsp3) is 0.240. The van der Waals surface area contributed by atoms with Crippen LogP contribution in [0.25, 0.3) is 0 Å². The molecule has 5 nitrogen and oxygen atoms in total. The molecule has 1 N–H and O–H groups in total. The Labute approximate surface area is 184 Å². The van der Waals surface area contributed by atoms with Crippen LogP contribution in [0.4, 0.5) is 11.4 Å². The topological polar surface area (TPSA) is 66.5 Å². The number of carbonyl (C=O) groups is 1. The lowest BCUT2D eigenvalue weighted by molar-refractivity contribution is 0.102. The van der Waals surface area contributed by atoms with Gasteiger partial charge in [0.25, 0.3) is 5.91 Å². The lowest BCUT2D eigenvalue weighted by Crippen LogP contribution is -2.36. The molecule has 0 radical (unpaired) electrons. The molecule has 0 aliphatic heterocycles. The van der Waals surface area contributed by atoms with Gasteiger partial charge >= 0.3 is 0 Å². The second-order valence-electron chi connectivity index (χ2n) is 7.89. The minimum absolute atomic E-state index is 0.188. The van der Waals surface area contributed by atoms with Gasteiger partial charge in [-0.2, -0.15) is 0 Å². The Morgan fingerprint density at radius 2 is 1.55 bits per heavy atom. The van der Waals surface area contributed by atoms with Gasteiger partial charge in [0.05, 0.1) is 17.5 Å². The lowest BCUT2D eigenvalue weighted by Gasteiger charge is -2.27. The highest BCUT2D eigenvalue weighted by Gasteiger charge is 2.26. The number of sulfonamides is 1. The lowest BCUT2D eigenvalue weighted by atomic mass is 10.1. The summed E-state index contributed by atoms with van der Waals surface area (Å²) in [5.41, 5.74) is 4.88. The van der Waals surface area contributed by atoms with Crippen LogP contribution in [0.3, 0.4) is 0 Å². The van der Waals surface area contributed by atoms with E-state index in [1.54, 1.807) is 38.1 Å². The van der Waals surface area contributed by atoms with Gasteiger partial charge in [-0.15, -0.1) is 0 Å². The summed E-state index contributed by atoms with van der Waals surface area (Å²) >= 11 is 0. The molecule has 0 bridgehead atoms. The van der Waals surface area contributed by atoms with E-state index in [1.165, 1.54) is 4.31 Å². The molecule has 6 heteroatoms. The maximum atomic E-state index is 13.1. The van der Waals surface area contributed by atoms with E-state index >= 15 is 0 Å². The van der Waals surface area contributed by atoms with Crippen molar-refractivity contribution in [2.24, 2.45) is 0 Å². The third kappa shape index (κ3) is 5.33. The van der Waals surface area contributed by atoms with Crippen LogP contribution in [0.5, 0.6) is 0 Å². The van der Waals surface area contributed by atoms with Gasteiger partial charge in [-0.05, 0) is 80.8 Å². The number of hydrogen-bond acceptors (Lipinski definition) is 3. The first-order valence-corrected chi connectivity index (χ1v) is 11.7. The highest BCUT2D eigenvalue weighted by atomic mass is 32.2. The van der Waals surface area contributed by atoms with E-state index in [-0.39, 0.29) is 12.5 Å². The molecule has 0 aromatic heterocycles. The number of aryl methyl sites for hydroxylation is 2. The highest BCUT2D eigenvalue weighted by Crippen LogP contribution is 2.26. The minimum atomic E-state index is -3.52. The molecule has 0 saturated carbocycles. The fourth-order valence-electron chi connectivity index (χ4n) is 3.12. The first kappa shape index (κ1) is 22.6.